The first-order valence-corrected chi connectivity index (χ1v) is 6.48. The summed E-state index contributed by atoms with van der Waals surface area (Å²) in [5, 5.41) is 9.47. The molecule has 2 aromatic rings. The van der Waals surface area contributed by atoms with Crippen LogP contribution in [0.3, 0.4) is 0 Å². The van der Waals surface area contributed by atoms with Crippen LogP contribution in [0.25, 0.3) is 0 Å². The number of hydrogen-bond acceptors (Lipinski definition) is 4. The molecule has 0 aliphatic heterocycles. The summed E-state index contributed by atoms with van der Waals surface area (Å²) in [4.78, 5) is 4.46. The maximum atomic E-state index is 12.9. The molecular weight excluding hydrogens is 333 g/mol. The maximum absolute atomic E-state index is 12.9. The molecule has 0 spiro atoms. The lowest BCUT2D eigenvalue weighted by atomic mass is 10.3. The van der Waals surface area contributed by atoms with Crippen molar-refractivity contribution in [3.05, 3.63) is 38.5 Å². The van der Waals surface area contributed by atoms with Crippen molar-refractivity contribution in [1.82, 2.24) is 4.98 Å². The second-order valence-corrected chi connectivity index (χ2v) is 5.29. The van der Waals surface area contributed by atoms with E-state index >= 15 is 0 Å². The minimum absolute atomic E-state index is 0.190. The van der Waals surface area contributed by atoms with Gasteiger partial charge >= 0.3 is 0 Å². The standard InChI is InChI=1S/C10H6BrClFNO2S/c11-6-3-5(13)1-2-7(6)16-10-14-9(12)8(4-15)17-10/h1-3,15H,4H2. The van der Waals surface area contributed by atoms with Gasteiger partial charge in [-0.1, -0.05) is 22.9 Å². The van der Waals surface area contributed by atoms with E-state index in [1.807, 2.05) is 0 Å². The molecule has 17 heavy (non-hydrogen) atoms. The third-order valence-corrected chi connectivity index (χ3v) is 3.83. The highest BCUT2D eigenvalue weighted by Gasteiger charge is 2.11. The van der Waals surface area contributed by atoms with Crippen LogP contribution in [0, 0.1) is 5.82 Å². The van der Waals surface area contributed by atoms with Gasteiger partial charge in [-0.2, -0.15) is 4.98 Å². The molecule has 2 rings (SSSR count). The fraction of sp³-hybridized carbons (Fsp3) is 0.100. The molecular formula is C10H6BrClFNO2S. The predicted octanol–water partition coefficient (Wildman–Crippen LogP) is 3.98. The first-order chi connectivity index (χ1) is 8.10. The molecule has 1 aromatic heterocycles. The van der Waals surface area contributed by atoms with E-state index in [-0.39, 0.29) is 17.6 Å². The van der Waals surface area contributed by atoms with Gasteiger partial charge in [-0.3, -0.25) is 0 Å². The fourth-order valence-corrected chi connectivity index (χ4v) is 2.51. The topological polar surface area (TPSA) is 42.4 Å². The SMILES string of the molecule is OCc1sc(Oc2ccc(F)cc2Br)nc1Cl. The molecule has 0 aliphatic rings. The van der Waals surface area contributed by atoms with Gasteiger partial charge in [0.2, 0.25) is 0 Å². The highest BCUT2D eigenvalue weighted by Crippen LogP contribution is 2.35. The molecule has 0 bridgehead atoms. The van der Waals surface area contributed by atoms with Gasteiger partial charge in [0.25, 0.3) is 5.19 Å². The van der Waals surface area contributed by atoms with Crippen molar-refractivity contribution in [2.24, 2.45) is 0 Å². The Labute approximate surface area is 114 Å². The zero-order chi connectivity index (χ0) is 12.4. The molecule has 1 N–H and O–H groups in total. The van der Waals surface area contributed by atoms with E-state index in [2.05, 4.69) is 20.9 Å². The molecule has 0 amide bonds. The average molecular weight is 339 g/mol. The smallest absolute Gasteiger partial charge is 0.280 e. The molecule has 0 radical (unpaired) electrons. The van der Waals surface area contributed by atoms with Crippen molar-refractivity contribution in [3.8, 4) is 10.9 Å². The summed E-state index contributed by atoms with van der Waals surface area (Å²) in [6, 6.07) is 4.05. The predicted molar refractivity (Wildman–Crippen MR) is 67.2 cm³/mol. The average Bonchev–Trinajstić information content (AvgIpc) is 2.63. The van der Waals surface area contributed by atoms with E-state index in [0.29, 0.717) is 20.3 Å². The van der Waals surface area contributed by atoms with E-state index in [9.17, 15) is 4.39 Å². The first-order valence-electron chi connectivity index (χ1n) is 4.49. The molecule has 0 unspecified atom stereocenters. The Kier molecular flexibility index (Phi) is 3.98. The molecule has 1 heterocycles. The molecule has 90 valence electrons. The van der Waals surface area contributed by atoms with E-state index in [4.69, 9.17) is 21.4 Å². The van der Waals surface area contributed by atoms with Gasteiger partial charge in [0.15, 0.2) is 0 Å². The largest absolute Gasteiger partial charge is 0.430 e. The quantitative estimate of drug-likeness (QED) is 0.920. The number of aliphatic hydroxyl groups excluding tert-OH is 1. The molecule has 3 nitrogen and oxygen atoms in total. The number of aliphatic hydroxyl groups is 1. The highest BCUT2D eigenvalue weighted by atomic mass is 79.9. The van der Waals surface area contributed by atoms with Crippen LogP contribution in [0.4, 0.5) is 4.39 Å². The first kappa shape index (κ1) is 12.8. The van der Waals surface area contributed by atoms with E-state index in [0.717, 1.165) is 11.3 Å². The van der Waals surface area contributed by atoms with Crippen molar-refractivity contribution < 1.29 is 14.2 Å². The van der Waals surface area contributed by atoms with Crippen LogP contribution < -0.4 is 4.74 Å². The van der Waals surface area contributed by atoms with Crippen molar-refractivity contribution in [3.63, 3.8) is 0 Å². The van der Waals surface area contributed by atoms with E-state index in [1.54, 1.807) is 0 Å². The Hall–Kier alpha value is -0.690. The van der Waals surface area contributed by atoms with Gasteiger partial charge in [-0.25, -0.2) is 4.39 Å². The Morgan fingerprint density at radius 2 is 2.29 bits per heavy atom. The summed E-state index contributed by atoms with van der Waals surface area (Å²) in [5.41, 5.74) is 0. The second kappa shape index (κ2) is 5.30. The van der Waals surface area contributed by atoms with Gasteiger partial charge in [-0.05, 0) is 34.1 Å². The summed E-state index contributed by atoms with van der Waals surface area (Å²) >= 11 is 10.1. The van der Waals surface area contributed by atoms with E-state index < -0.39 is 0 Å². The monoisotopic (exact) mass is 337 g/mol. The number of hydrogen-bond donors (Lipinski definition) is 1. The normalized spacial score (nSPS) is 10.6. The zero-order valence-electron chi connectivity index (χ0n) is 8.28. The Morgan fingerprint density at radius 3 is 2.88 bits per heavy atom. The number of benzene rings is 1. The minimum atomic E-state index is -0.363. The molecule has 0 saturated heterocycles. The molecule has 0 aliphatic carbocycles. The van der Waals surface area contributed by atoms with Crippen LogP contribution in [0.5, 0.6) is 10.9 Å². The van der Waals surface area contributed by atoms with Crippen LogP contribution in [0.15, 0.2) is 22.7 Å². The lowest BCUT2D eigenvalue weighted by molar-refractivity contribution is 0.285. The summed E-state index contributed by atoms with van der Waals surface area (Å²) in [6.45, 7) is -0.190. The number of thiazole rings is 1. The molecule has 0 saturated carbocycles. The van der Waals surface area contributed by atoms with Crippen LogP contribution in [0.1, 0.15) is 4.88 Å². The van der Waals surface area contributed by atoms with E-state index in [1.165, 1.54) is 18.2 Å². The van der Waals surface area contributed by atoms with Crippen molar-refractivity contribution in [1.29, 1.82) is 0 Å². The second-order valence-electron chi connectivity index (χ2n) is 3.03. The molecule has 0 atom stereocenters. The molecule has 7 heteroatoms. The Morgan fingerprint density at radius 1 is 1.53 bits per heavy atom. The number of halogens is 3. The lowest BCUT2D eigenvalue weighted by Gasteiger charge is -2.03. The number of ether oxygens (including phenoxy) is 1. The summed E-state index contributed by atoms with van der Waals surface area (Å²) in [5.74, 6) is 0.0683. The fourth-order valence-electron chi connectivity index (χ4n) is 1.11. The van der Waals surface area contributed by atoms with Gasteiger partial charge in [0, 0.05) is 0 Å². The third-order valence-electron chi connectivity index (χ3n) is 1.86. The van der Waals surface area contributed by atoms with Gasteiger partial charge < -0.3 is 9.84 Å². The van der Waals surface area contributed by atoms with Crippen LogP contribution in [-0.4, -0.2) is 10.1 Å². The summed E-state index contributed by atoms with van der Waals surface area (Å²) in [6.07, 6.45) is 0. The highest BCUT2D eigenvalue weighted by molar-refractivity contribution is 9.10. The molecule has 0 fully saturated rings. The van der Waals surface area contributed by atoms with Crippen molar-refractivity contribution >= 4 is 38.9 Å². The third kappa shape index (κ3) is 2.95. The minimum Gasteiger partial charge on any atom is -0.430 e. The number of nitrogens with zero attached hydrogens (tertiary/aromatic N) is 1. The summed E-state index contributed by atoms with van der Waals surface area (Å²) in [7, 11) is 0. The Balaban J connectivity index is 2.25. The summed E-state index contributed by atoms with van der Waals surface area (Å²) < 4.78 is 18.8. The van der Waals surface area contributed by atoms with Crippen molar-refractivity contribution in [2.75, 3.05) is 0 Å². The van der Waals surface area contributed by atoms with Gasteiger partial charge in [0.1, 0.15) is 16.7 Å². The van der Waals surface area contributed by atoms with Crippen molar-refractivity contribution in [2.45, 2.75) is 6.61 Å². The lowest BCUT2D eigenvalue weighted by Crippen LogP contribution is -1.85. The maximum Gasteiger partial charge on any atom is 0.280 e. The van der Waals surface area contributed by atoms with Crippen LogP contribution >= 0.6 is 38.9 Å². The number of rotatable bonds is 3. The van der Waals surface area contributed by atoms with Gasteiger partial charge in [-0.15, -0.1) is 0 Å². The zero-order valence-corrected chi connectivity index (χ0v) is 11.4. The Bertz CT molecular complexity index is 549. The van der Waals surface area contributed by atoms with Crippen LogP contribution in [-0.2, 0) is 6.61 Å². The number of aromatic nitrogens is 1. The van der Waals surface area contributed by atoms with Crippen LogP contribution in [0.2, 0.25) is 5.15 Å². The molecule has 1 aromatic carbocycles. The van der Waals surface area contributed by atoms with Gasteiger partial charge in [0.05, 0.1) is 16.0 Å².